The molecule has 0 bridgehead atoms. The van der Waals surface area contributed by atoms with Crippen molar-refractivity contribution in [3.05, 3.63) is 47.7 Å². The average molecular weight is 232 g/mol. The summed E-state index contributed by atoms with van der Waals surface area (Å²) in [6.07, 6.45) is 3.15. The number of benzene rings is 1. The predicted octanol–water partition coefficient (Wildman–Crippen LogP) is 2.64. The maximum Gasteiger partial charge on any atom is 0.230 e. The molecular weight excluding hydrogens is 216 g/mol. The van der Waals surface area contributed by atoms with Gasteiger partial charge < -0.3 is 9.47 Å². The summed E-state index contributed by atoms with van der Waals surface area (Å²) in [5.41, 5.74) is 0.857. The Bertz CT molecular complexity index is 409. The maximum atomic E-state index is 12.2. The summed E-state index contributed by atoms with van der Waals surface area (Å²) in [7, 11) is 1.54. The van der Waals surface area contributed by atoms with E-state index in [0.717, 1.165) is 18.4 Å². The summed E-state index contributed by atoms with van der Waals surface area (Å²) in [4.78, 5) is 12.2. The second-order valence-electron chi connectivity index (χ2n) is 3.95. The van der Waals surface area contributed by atoms with Gasteiger partial charge in [0, 0.05) is 7.11 Å². The van der Waals surface area contributed by atoms with E-state index in [0.29, 0.717) is 12.4 Å². The van der Waals surface area contributed by atoms with Crippen LogP contribution in [-0.4, -0.2) is 19.5 Å². The molecule has 1 aromatic carbocycles. The largest absolute Gasteiger partial charge is 0.490 e. The van der Waals surface area contributed by atoms with E-state index < -0.39 is 6.10 Å². The van der Waals surface area contributed by atoms with Crippen LogP contribution in [0.15, 0.2) is 42.2 Å². The highest BCUT2D eigenvalue weighted by Gasteiger charge is 2.25. The Kier molecular flexibility index (Phi) is 3.94. The van der Waals surface area contributed by atoms with Crippen molar-refractivity contribution in [3.8, 4) is 0 Å². The lowest BCUT2D eigenvalue weighted by atomic mass is 10.0. The molecule has 1 heterocycles. The highest BCUT2D eigenvalue weighted by Crippen LogP contribution is 2.23. The van der Waals surface area contributed by atoms with Gasteiger partial charge in [-0.2, -0.15) is 0 Å². The Labute approximate surface area is 101 Å². The fourth-order valence-electron chi connectivity index (χ4n) is 1.88. The van der Waals surface area contributed by atoms with Gasteiger partial charge in [0.05, 0.1) is 6.61 Å². The number of hydrogen-bond acceptors (Lipinski definition) is 3. The van der Waals surface area contributed by atoms with Crippen molar-refractivity contribution in [1.29, 1.82) is 0 Å². The van der Waals surface area contributed by atoms with Gasteiger partial charge >= 0.3 is 0 Å². The third-order valence-corrected chi connectivity index (χ3v) is 2.75. The van der Waals surface area contributed by atoms with Crippen LogP contribution in [0.5, 0.6) is 0 Å². The van der Waals surface area contributed by atoms with Crippen LogP contribution in [0.3, 0.4) is 0 Å². The molecule has 3 nitrogen and oxygen atoms in total. The topological polar surface area (TPSA) is 35.5 Å². The lowest BCUT2D eigenvalue weighted by Crippen LogP contribution is -2.20. The monoisotopic (exact) mass is 232 g/mol. The molecule has 2 rings (SSSR count). The quantitative estimate of drug-likeness (QED) is 0.800. The third-order valence-electron chi connectivity index (χ3n) is 2.75. The summed E-state index contributed by atoms with van der Waals surface area (Å²) >= 11 is 0. The van der Waals surface area contributed by atoms with Gasteiger partial charge in [-0.15, -0.1) is 0 Å². The number of carbonyl (C=O) groups is 1. The molecule has 0 spiro atoms. The van der Waals surface area contributed by atoms with Crippen LogP contribution in [0.2, 0.25) is 0 Å². The van der Waals surface area contributed by atoms with Gasteiger partial charge in [0.15, 0.2) is 5.76 Å². The van der Waals surface area contributed by atoms with E-state index in [1.807, 2.05) is 36.4 Å². The molecule has 3 heteroatoms. The Morgan fingerprint density at radius 1 is 1.35 bits per heavy atom. The van der Waals surface area contributed by atoms with E-state index in [1.54, 1.807) is 7.11 Å². The van der Waals surface area contributed by atoms with Crippen LogP contribution < -0.4 is 0 Å². The molecule has 1 atom stereocenters. The molecule has 0 N–H and O–H groups in total. The summed E-state index contributed by atoms with van der Waals surface area (Å²) in [6, 6.07) is 9.47. The SMILES string of the molecule is COC(C(=O)C1=CCCCO1)c1ccccc1. The van der Waals surface area contributed by atoms with Crippen molar-refractivity contribution in [3.63, 3.8) is 0 Å². The number of methoxy groups -OCH3 is 1. The molecule has 1 unspecified atom stereocenters. The normalized spacial score (nSPS) is 16.9. The fourth-order valence-corrected chi connectivity index (χ4v) is 1.88. The van der Waals surface area contributed by atoms with E-state index in [1.165, 1.54) is 0 Å². The molecule has 0 aliphatic carbocycles. The van der Waals surface area contributed by atoms with Crippen molar-refractivity contribution in [2.75, 3.05) is 13.7 Å². The van der Waals surface area contributed by atoms with Crippen molar-refractivity contribution < 1.29 is 14.3 Å². The molecule has 90 valence electrons. The lowest BCUT2D eigenvalue weighted by Gasteiger charge is -2.19. The van der Waals surface area contributed by atoms with Crippen LogP contribution in [-0.2, 0) is 14.3 Å². The van der Waals surface area contributed by atoms with Crippen LogP contribution in [0, 0.1) is 0 Å². The lowest BCUT2D eigenvalue weighted by molar-refractivity contribution is -0.129. The smallest absolute Gasteiger partial charge is 0.230 e. The van der Waals surface area contributed by atoms with Crippen molar-refractivity contribution in [2.45, 2.75) is 18.9 Å². The molecule has 0 fully saturated rings. The first-order valence-electron chi connectivity index (χ1n) is 5.78. The Hall–Kier alpha value is -1.61. The zero-order valence-corrected chi connectivity index (χ0v) is 9.89. The second-order valence-corrected chi connectivity index (χ2v) is 3.95. The van der Waals surface area contributed by atoms with Crippen molar-refractivity contribution in [2.24, 2.45) is 0 Å². The first kappa shape index (κ1) is 11.9. The number of rotatable bonds is 4. The van der Waals surface area contributed by atoms with Gasteiger partial charge in [-0.1, -0.05) is 30.3 Å². The number of hydrogen-bond donors (Lipinski definition) is 0. The zero-order valence-electron chi connectivity index (χ0n) is 9.89. The van der Waals surface area contributed by atoms with Crippen LogP contribution in [0.4, 0.5) is 0 Å². The maximum absolute atomic E-state index is 12.2. The Morgan fingerprint density at radius 3 is 2.71 bits per heavy atom. The fraction of sp³-hybridized carbons (Fsp3) is 0.357. The Balaban J connectivity index is 2.19. The van der Waals surface area contributed by atoms with Gasteiger partial charge in [0.1, 0.15) is 6.10 Å². The number of ketones is 1. The standard InChI is InChI=1S/C14H16O3/c1-16-14(11-7-3-2-4-8-11)13(15)12-9-5-6-10-17-12/h2-4,7-9,14H,5-6,10H2,1H3. The summed E-state index contributed by atoms with van der Waals surface area (Å²) in [6.45, 7) is 0.614. The number of ether oxygens (including phenoxy) is 2. The van der Waals surface area contributed by atoms with Gasteiger partial charge in [-0.3, -0.25) is 4.79 Å². The molecule has 17 heavy (non-hydrogen) atoms. The molecule has 1 aliphatic rings. The highest BCUT2D eigenvalue weighted by molar-refractivity contribution is 5.97. The Morgan fingerprint density at radius 2 is 2.12 bits per heavy atom. The summed E-state index contributed by atoms with van der Waals surface area (Å²) in [5.74, 6) is 0.338. The molecule has 0 saturated carbocycles. The minimum Gasteiger partial charge on any atom is -0.490 e. The van der Waals surface area contributed by atoms with Crippen LogP contribution in [0.1, 0.15) is 24.5 Å². The minimum absolute atomic E-state index is 0.0987. The zero-order chi connectivity index (χ0) is 12.1. The van der Waals surface area contributed by atoms with Gasteiger partial charge in [0.2, 0.25) is 5.78 Å². The van der Waals surface area contributed by atoms with E-state index in [4.69, 9.17) is 9.47 Å². The predicted molar refractivity (Wildman–Crippen MR) is 64.5 cm³/mol. The number of allylic oxidation sites excluding steroid dienone is 1. The molecule has 1 aromatic rings. The average Bonchev–Trinajstić information content (AvgIpc) is 2.42. The third kappa shape index (κ3) is 2.74. The molecular formula is C14H16O3. The van der Waals surface area contributed by atoms with Crippen molar-refractivity contribution >= 4 is 5.78 Å². The number of Topliss-reactive ketones (excluding diaryl/α,β-unsaturated/α-hetero) is 1. The van der Waals surface area contributed by atoms with Gasteiger partial charge in [0.25, 0.3) is 0 Å². The van der Waals surface area contributed by atoms with E-state index in [9.17, 15) is 4.79 Å². The van der Waals surface area contributed by atoms with E-state index >= 15 is 0 Å². The minimum atomic E-state index is -0.569. The molecule has 0 amide bonds. The second kappa shape index (κ2) is 5.64. The first-order valence-corrected chi connectivity index (χ1v) is 5.78. The molecule has 0 saturated heterocycles. The van der Waals surface area contributed by atoms with Crippen molar-refractivity contribution in [1.82, 2.24) is 0 Å². The highest BCUT2D eigenvalue weighted by atomic mass is 16.5. The van der Waals surface area contributed by atoms with Crippen LogP contribution in [0.25, 0.3) is 0 Å². The molecule has 0 aromatic heterocycles. The van der Waals surface area contributed by atoms with Gasteiger partial charge in [-0.25, -0.2) is 0 Å². The number of carbonyl (C=O) groups excluding carboxylic acids is 1. The summed E-state index contributed by atoms with van der Waals surface area (Å²) < 4.78 is 10.7. The van der Waals surface area contributed by atoms with E-state index in [2.05, 4.69) is 0 Å². The van der Waals surface area contributed by atoms with Gasteiger partial charge in [-0.05, 0) is 24.5 Å². The van der Waals surface area contributed by atoms with Crippen LogP contribution >= 0.6 is 0 Å². The molecule has 0 radical (unpaired) electrons. The molecule has 1 aliphatic heterocycles. The summed E-state index contributed by atoms with van der Waals surface area (Å²) in [5, 5.41) is 0. The first-order chi connectivity index (χ1) is 8.33. The van der Waals surface area contributed by atoms with E-state index in [-0.39, 0.29) is 5.78 Å².